The van der Waals surface area contributed by atoms with Crippen molar-refractivity contribution in [1.29, 1.82) is 0 Å². The molecule has 1 fully saturated rings. The zero-order valence-corrected chi connectivity index (χ0v) is 12.8. The maximum Gasteiger partial charge on any atom is 0.153 e. The van der Waals surface area contributed by atoms with Crippen molar-refractivity contribution in [2.24, 2.45) is 0 Å². The van der Waals surface area contributed by atoms with Crippen molar-refractivity contribution in [2.45, 2.75) is 57.8 Å². The number of para-hydroxylation sites is 1. The summed E-state index contributed by atoms with van der Waals surface area (Å²) in [6.07, 6.45) is 0.520. The van der Waals surface area contributed by atoms with Gasteiger partial charge in [0.1, 0.15) is 11.3 Å². The van der Waals surface area contributed by atoms with Gasteiger partial charge >= 0.3 is 0 Å². The molecule has 3 nitrogen and oxygen atoms in total. The molecule has 1 aliphatic heterocycles. The molecule has 0 spiro atoms. The number of hydrogen-bond donors (Lipinski definition) is 1. The first kappa shape index (κ1) is 13.7. The molecule has 2 aromatic rings. The standard InChI is InChI=1S/C17H22O3/c1-11-7-6-8-12-9-13(19-14(11)12)17(18)10-15(2,3)20-16(17,4)5/h6-9,18H,10H2,1-5H3. The van der Waals surface area contributed by atoms with E-state index in [9.17, 15) is 5.11 Å². The minimum Gasteiger partial charge on any atom is -0.458 e. The van der Waals surface area contributed by atoms with Crippen LogP contribution in [0.4, 0.5) is 0 Å². The van der Waals surface area contributed by atoms with Crippen molar-refractivity contribution in [1.82, 2.24) is 0 Å². The molecule has 0 amide bonds. The Hall–Kier alpha value is -1.32. The molecule has 3 rings (SSSR count). The van der Waals surface area contributed by atoms with E-state index in [1.54, 1.807) is 0 Å². The van der Waals surface area contributed by atoms with Crippen LogP contribution in [0, 0.1) is 6.92 Å². The van der Waals surface area contributed by atoms with Crippen molar-refractivity contribution in [3.63, 3.8) is 0 Å². The number of rotatable bonds is 1. The third-order valence-corrected chi connectivity index (χ3v) is 4.36. The monoisotopic (exact) mass is 274 g/mol. The van der Waals surface area contributed by atoms with Gasteiger partial charge in [-0.25, -0.2) is 0 Å². The van der Waals surface area contributed by atoms with E-state index in [0.29, 0.717) is 12.2 Å². The first-order chi connectivity index (χ1) is 9.15. The highest BCUT2D eigenvalue weighted by molar-refractivity contribution is 5.81. The molecule has 1 saturated heterocycles. The van der Waals surface area contributed by atoms with E-state index in [-0.39, 0.29) is 5.60 Å². The summed E-state index contributed by atoms with van der Waals surface area (Å²) in [6, 6.07) is 7.96. The van der Waals surface area contributed by atoms with Gasteiger partial charge in [0.2, 0.25) is 0 Å². The van der Waals surface area contributed by atoms with Crippen molar-refractivity contribution < 1.29 is 14.3 Å². The molecule has 2 heterocycles. The molecule has 20 heavy (non-hydrogen) atoms. The average molecular weight is 274 g/mol. The predicted molar refractivity (Wildman–Crippen MR) is 78.7 cm³/mol. The van der Waals surface area contributed by atoms with Gasteiger partial charge in [-0.2, -0.15) is 0 Å². The van der Waals surface area contributed by atoms with Crippen LogP contribution in [0.15, 0.2) is 28.7 Å². The van der Waals surface area contributed by atoms with E-state index >= 15 is 0 Å². The Morgan fingerprint density at radius 2 is 1.85 bits per heavy atom. The third-order valence-electron chi connectivity index (χ3n) is 4.36. The molecule has 0 radical (unpaired) electrons. The summed E-state index contributed by atoms with van der Waals surface area (Å²) in [5.74, 6) is 0.595. The summed E-state index contributed by atoms with van der Waals surface area (Å²) in [5.41, 5.74) is -0.239. The van der Waals surface area contributed by atoms with Gasteiger partial charge in [0, 0.05) is 11.8 Å². The van der Waals surface area contributed by atoms with Crippen LogP contribution in [0.5, 0.6) is 0 Å². The number of hydrogen-bond acceptors (Lipinski definition) is 3. The van der Waals surface area contributed by atoms with Crippen molar-refractivity contribution in [3.8, 4) is 0 Å². The van der Waals surface area contributed by atoms with Crippen LogP contribution in [-0.2, 0) is 10.3 Å². The normalized spacial score (nSPS) is 28.1. The third kappa shape index (κ3) is 1.80. The summed E-state index contributed by atoms with van der Waals surface area (Å²) in [6.45, 7) is 9.85. The lowest BCUT2D eigenvalue weighted by molar-refractivity contribution is -0.136. The Morgan fingerprint density at radius 1 is 1.15 bits per heavy atom. The first-order valence-electron chi connectivity index (χ1n) is 7.07. The van der Waals surface area contributed by atoms with Gasteiger partial charge in [0.25, 0.3) is 0 Å². The van der Waals surface area contributed by atoms with Crippen LogP contribution >= 0.6 is 0 Å². The lowest BCUT2D eigenvalue weighted by atomic mass is 9.80. The molecular formula is C17H22O3. The molecule has 108 valence electrons. The van der Waals surface area contributed by atoms with Crippen molar-refractivity contribution >= 4 is 11.0 Å². The van der Waals surface area contributed by atoms with E-state index in [0.717, 1.165) is 16.5 Å². The Labute approximate surface area is 119 Å². The van der Waals surface area contributed by atoms with Crippen molar-refractivity contribution in [3.05, 3.63) is 35.6 Å². The zero-order chi connectivity index (χ0) is 14.8. The van der Waals surface area contributed by atoms with E-state index in [1.165, 1.54) is 0 Å². The number of aryl methyl sites for hydroxylation is 1. The van der Waals surface area contributed by atoms with E-state index < -0.39 is 11.2 Å². The molecular weight excluding hydrogens is 252 g/mol. The summed E-state index contributed by atoms with van der Waals surface area (Å²) >= 11 is 0. The second-order valence-corrected chi connectivity index (χ2v) is 7.01. The number of fused-ring (bicyclic) bond motifs is 1. The molecule has 1 aromatic heterocycles. The van der Waals surface area contributed by atoms with E-state index in [4.69, 9.17) is 9.15 Å². The van der Waals surface area contributed by atoms with Crippen LogP contribution in [0.25, 0.3) is 11.0 Å². The van der Waals surface area contributed by atoms with Gasteiger partial charge in [-0.05, 0) is 46.2 Å². The van der Waals surface area contributed by atoms with Gasteiger partial charge in [0.15, 0.2) is 5.60 Å². The summed E-state index contributed by atoms with van der Waals surface area (Å²) < 4.78 is 12.0. The Bertz CT molecular complexity index is 666. The quantitative estimate of drug-likeness (QED) is 0.857. The predicted octanol–water partition coefficient (Wildman–Crippen LogP) is 3.91. The first-order valence-corrected chi connectivity index (χ1v) is 7.07. The van der Waals surface area contributed by atoms with Gasteiger partial charge in [-0.1, -0.05) is 18.2 Å². The smallest absolute Gasteiger partial charge is 0.153 e. The molecule has 1 unspecified atom stereocenters. The van der Waals surface area contributed by atoms with E-state index in [2.05, 4.69) is 0 Å². The minimum atomic E-state index is -1.11. The molecule has 3 heteroatoms. The molecule has 1 aliphatic rings. The van der Waals surface area contributed by atoms with E-state index in [1.807, 2.05) is 58.9 Å². The Balaban J connectivity index is 2.17. The topological polar surface area (TPSA) is 42.6 Å². The molecule has 1 atom stereocenters. The fraction of sp³-hybridized carbons (Fsp3) is 0.529. The molecule has 0 saturated carbocycles. The number of furan rings is 1. The van der Waals surface area contributed by atoms with Crippen LogP contribution in [0.2, 0.25) is 0 Å². The Kier molecular flexibility index (Phi) is 2.64. The van der Waals surface area contributed by atoms with Crippen LogP contribution in [0.1, 0.15) is 45.4 Å². The summed E-state index contributed by atoms with van der Waals surface area (Å²) in [7, 11) is 0. The highest BCUT2D eigenvalue weighted by Gasteiger charge is 2.59. The zero-order valence-electron chi connectivity index (χ0n) is 12.8. The lowest BCUT2D eigenvalue weighted by Crippen LogP contribution is -2.43. The summed E-state index contributed by atoms with van der Waals surface area (Å²) in [4.78, 5) is 0. The Morgan fingerprint density at radius 3 is 2.40 bits per heavy atom. The fourth-order valence-electron chi connectivity index (χ4n) is 3.44. The van der Waals surface area contributed by atoms with Gasteiger partial charge in [-0.15, -0.1) is 0 Å². The van der Waals surface area contributed by atoms with Gasteiger partial charge < -0.3 is 14.3 Å². The molecule has 0 bridgehead atoms. The highest BCUT2D eigenvalue weighted by atomic mass is 16.6. The van der Waals surface area contributed by atoms with Crippen LogP contribution < -0.4 is 0 Å². The van der Waals surface area contributed by atoms with Gasteiger partial charge in [-0.3, -0.25) is 0 Å². The SMILES string of the molecule is Cc1cccc2cc(C3(O)CC(C)(C)OC3(C)C)oc12. The number of ether oxygens (including phenoxy) is 1. The largest absolute Gasteiger partial charge is 0.458 e. The number of benzene rings is 1. The summed E-state index contributed by atoms with van der Waals surface area (Å²) in [5, 5.41) is 12.2. The van der Waals surface area contributed by atoms with Gasteiger partial charge in [0.05, 0.1) is 11.2 Å². The second kappa shape index (κ2) is 3.86. The number of aliphatic hydroxyl groups is 1. The molecule has 1 N–H and O–H groups in total. The highest BCUT2D eigenvalue weighted by Crippen LogP contribution is 2.51. The molecule has 0 aliphatic carbocycles. The van der Waals surface area contributed by atoms with Crippen molar-refractivity contribution in [2.75, 3.05) is 0 Å². The lowest BCUT2D eigenvalue weighted by Gasteiger charge is -2.33. The minimum absolute atomic E-state index is 0.369. The maximum atomic E-state index is 11.2. The van der Waals surface area contributed by atoms with Crippen LogP contribution in [-0.4, -0.2) is 16.3 Å². The van der Waals surface area contributed by atoms with Crippen LogP contribution in [0.3, 0.4) is 0 Å². The second-order valence-electron chi connectivity index (χ2n) is 7.01. The fourth-order valence-corrected chi connectivity index (χ4v) is 3.44. The maximum absolute atomic E-state index is 11.2. The molecule has 1 aromatic carbocycles. The average Bonchev–Trinajstić information content (AvgIpc) is 2.78.